The summed E-state index contributed by atoms with van der Waals surface area (Å²) in [4.78, 5) is 0. The average molecular weight is 407 g/mol. The minimum atomic E-state index is -0.649. The van der Waals surface area contributed by atoms with Crippen LogP contribution in [0.5, 0.6) is 0 Å². The third-order valence-electron chi connectivity index (χ3n) is 4.34. The minimum absolute atomic E-state index is 0. The Morgan fingerprint density at radius 2 is 2.00 bits per heavy atom. The number of hydrogen-bond acceptors (Lipinski definition) is 0. The Kier molecular flexibility index (Phi) is 4.51. The Labute approximate surface area is 125 Å². The third kappa shape index (κ3) is 3.23. The van der Waals surface area contributed by atoms with Crippen LogP contribution in [0, 0.1) is 5.92 Å². The second kappa shape index (κ2) is 6.32. The van der Waals surface area contributed by atoms with Crippen LogP contribution in [0.2, 0.25) is 0 Å². The second-order valence-electron chi connectivity index (χ2n) is 5.77. The Balaban J connectivity index is 0.000001000. The van der Waals surface area contributed by atoms with Crippen molar-refractivity contribution in [1.29, 1.82) is 0 Å². The van der Waals surface area contributed by atoms with E-state index in [9.17, 15) is 0 Å². The zero-order chi connectivity index (χ0) is 12.2. The maximum Gasteiger partial charge on any atom is -1.00 e. The van der Waals surface area contributed by atoms with Gasteiger partial charge in [0.15, 0.2) is 0 Å². The van der Waals surface area contributed by atoms with E-state index in [-0.39, 0.29) is 2.85 Å². The summed E-state index contributed by atoms with van der Waals surface area (Å²) in [6, 6.07) is 0. The molecular formula is C17H24Hf. The number of hydrogen-bond donors (Lipinski definition) is 0. The number of allylic oxidation sites excluding steroid dienone is 8. The van der Waals surface area contributed by atoms with Crippen LogP contribution in [-0.4, -0.2) is 0 Å². The molecule has 0 aromatic rings. The first kappa shape index (κ1) is 12.8. The van der Waals surface area contributed by atoms with E-state index in [2.05, 4.69) is 30.4 Å². The molecule has 0 aromatic carbocycles. The normalized spacial score (nSPS) is 23.7. The van der Waals surface area contributed by atoms with Gasteiger partial charge in [-0.1, -0.05) is 0 Å². The zero-order valence-electron chi connectivity index (χ0n) is 13.1. The number of rotatable bonds is 4. The van der Waals surface area contributed by atoms with Crippen LogP contribution < -0.4 is 0 Å². The van der Waals surface area contributed by atoms with Gasteiger partial charge in [0.2, 0.25) is 0 Å². The van der Waals surface area contributed by atoms with E-state index >= 15 is 0 Å². The first-order chi connectivity index (χ1) is 8.92. The van der Waals surface area contributed by atoms with E-state index in [0.717, 1.165) is 5.92 Å². The molecule has 1 fully saturated rings. The van der Waals surface area contributed by atoms with E-state index in [1.165, 1.54) is 51.4 Å². The third-order valence-corrected chi connectivity index (χ3v) is 9.80. The molecule has 1 heteroatoms. The fourth-order valence-corrected chi connectivity index (χ4v) is 8.17. The van der Waals surface area contributed by atoms with Gasteiger partial charge >= 0.3 is 123 Å². The van der Waals surface area contributed by atoms with Crippen LogP contribution in [0.4, 0.5) is 0 Å². The first-order valence-corrected chi connectivity index (χ1v) is 11.0. The predicted molar refractivity (Wildman–Crippen MR) is 76.0 cm³/mol. The molecule has 3 aliphatic carbocycles. The summed E-state index contributed by atoms with van der Waals surface area (Å²) in [5, 5.41) is 0. The van der Waals surface area contributed by atoms with E-state index in [0.29, 0.717) is 0 Å². The van der Waals surface area contributed by atoms with Gasteiger partial charge in [-0.3, -0.25) is 0 Å². The molecule has 1 saturated carbocycles. The van der Waals surface area contributed by atoms with Crippen LogP contribution in [0.1, 0.15) is 54.2 Å². The maximum atomic E-state index is 2.46. The summed E-state index contributed by atoms with van der Waals surface area (Å²) < 4.78 is 3.70. The molecule has 0 saturated heterocycles. The second-order valence-corrected chi connectivity index (χ2v) is 11.1. The largest absolute Gasteiger partial charge is 1.00 e. The average Bonchev–Trinajstić information content (AvgIpc) is 3.04. The topological polar surface area (TPSA) is 0 Å². The van der Waals surface area contributed by atoms with Gasteiger partial charge in [-0.2, -0.15) is 0 Å². The molecule has 0 amide bonds. The smallest absolute Gasteiger partial charge is 1.00 e. The van der Waals surface area contributed by atoms with Crippen molar-refractivity contribution in [2.75, 3.05) is 0 Å². The van der Waals surface area contributed by atoms with Crippen LogP contribution in [0.15, 0.2) is 42.6 Å². The van der Waals surface area contributed by atoms with Gasteiger partial charge < -0.3 is 2.85 Å². The summed E-state index contributed by atoms with van der Waals surface area (Å²) in [5.74, 6) is 1.01. The van der Waals surface area contributed by atoms with Gasteiger partial charge in [-0.05, 0) is 0 Å². The SMILES string of the molecule is C1=CC[C]([Hf+2][C]2=C(CC3CCCCC3)C=CC2)=C1.[H-].[H-]. The molecule has 0 aliphatic heterocycles. The summed E-state index contributed by atoms with van der Waals surface area (Å²) in [6.07, 6.45) is 23.2. The molecule has 3 aliphatic rings. The molecule has 0 atom stereocenters. The Hall–Kier alpha value is -0.170. The van der Waals surface area contributed by atoms with Gasteiger partial charge in [0.05, 0.1) is 0 Å². The molecule has 0 bridgehead atoms. The molecule has 0 nitrogen and oxygen atoms in total. The van der Waals surface area contributed by atoms with Crippen molar-refractivity contribution >= 4 is 0 Å². The molecule has 0 spiro atoms. The minimum Gasteiger partial charge on any atom is -1.00 e. The van der Waals surface area contributed by atoms with Crippen LogP contribution in [-0.2, 0) is 22.9 Å². The molecule has 0 radical (unpaired) electrons. The van der Waals surface area contributed by atoms with Gasteiger partial charge in [-0.15, -0.1) is 0 Å². The first-order valence-electron chi connectivity index (χ1n) is 7.43. The summed E-state index contributed by atoms with van der Waals surface area (Å²) in [6.45, 7) is 0. The predicted octanol–water partition coefficient (Wildman–Crippen LogP) is 5.32. The molecule has 0 heterocycles. The van der Waals surface area contributed by atoms with Gasteiger partial charge in [0.25, 0.3) is 0 Å². The Morgan fingerprint density at radius 3 is 2.78 bits per heavy atom. The quantitative estimate of drug-likeness (QED) is 0.554. The van der Waals surface area contributed by atoms with E-state index in [4.69, 9.17) is 0 Å². The summed E-state index contributed by atoms with van der Waals surface area (Å²) in [7, 11) is 0. The van der Waals surface area contributed by atoms with Crippen LogP contribution in [0.3, 0.4) is 0 Å². The fourth-order valence-electron chi connectivity index (χ4n) is 3.31. The Morgan fingerprint density at radius 1 is 1.11 bits per heavy atom. The van der Waals surface area contributed by atoms with Crippen LogP contribution >= 0.6 is 0 Å². The van der Waals surface area contributed by atoms with Crippen molar-refractivity contribution in [3.05, 3.63) is 42.6 Å². The molecule has 3 rings (SSSR count). The van der Waals surface area contributed by atoms with Crippen molar-refractivity contribution in [2.24, 2.45) is 5.92 Å². The van der Waals surface area contributed by atoms with E-state index in [1.807, 2.05) is 3.33 Å². The van der Waals surface area contributed by atoms with Crippen molar-refractivity contribution < 1.29 is 25.8 Å². The van der Waals surface area contributed by atoms with Crippen molar-refractivity contribution in [1.82, 2.24) is 0 Å². The van der Waals surface area contributed by atoms with Crippen molar-refractivity contribution in [2.45, 2.75) is 51.4 Å². The summed E-state index contributed by atoms with van der Waals surface area (Å²) in [5.41, 5.74) is 1.76. The fraction of sp³-hybridized carbons (Fsp3) is 0.529. The van der Waals surface area contributed by atoms with Crippen molar-refractivity contribution in [3.8, 4) is 0 Å². The Bertz CT molecular complexity index is 426. The zero-order valence-corrected chi connectivity index (χ0v) is 14.7. The van der Waals surface area contributed by atoms with E-state index in [1.54, 1.807) is 8.90 Å². The van der Waals surface area contributed by atoms with Crippen molar-refractivity contribution in [3.63, 3.8) is 0 Å². The van der Waals surface area contributed by atoms with Gasteiger partial charge in [0.1, 0.15) is 0 Å². The molecule has 18 heavy (non-hydrogen) atoms. The molecule has 0 unspecified atom stereocenters. The van der Waals surface area contributed by atoms with Gasteiger partial charge in [0, 0.05) is 0 Å². The molecule has 96 valence electrons. The maximum absolute atomic E-state index is 2.46. The molecular weight excluding hydrogens is 383 g/mol. The monoisotopic (exact) mass is 408 g/mol. The van der Waals surface area contributed by atoms with E-state index < -0.39 is 22.9 Å². The molecule has 0 aromatic heterocycles. The standard InChI is InChI=1S/C12H17.C5H5.Hf.2H/c1-2-6-11(7-3-1)10-12-8-4-5-9-12;1-2-4-5-3-1;;;/h4,8,11H,1-3,5-7,10H2;1-3H,4H2;;;/q;;+2;2*-1. The van der Waals surface area contributed by atoms with Gasteiger partial charge in [-0.25, -0.2) is 0 Å². The summed E-state index contributed by atoms with van der Waals surface area (Å²) >= 11 is -0.649. The molecule has 0 N–H and O–H groups in total. The van der Waals surface area contributed by atoms with Crippen LogP contribution in [0.25, 0.3) is 0 Å².